The highest BCUT2D eigenvalue weighted by molar-refractivity contribution is 5.86. The van der Waals surface area contributed by atoms with E-state index in [0.717, 1.165) is 28.6 Å². The number of hydrogen-bond acceptors (Lipinski definition) is 2. The van der Waals surface area contributed by atoms with E-state index >= 15 is 0 Å². The van der Waals surface area contributed by atoms with E-state index in [2.05, 4.69) is 25.1 Å². The number of methoxy groups -OCH3 is 1. The zero-order valence-corrected chi connectivity index (χ0v) is 11.4. The summed E-state index contributed by atoms with van der Waals surface area (Å²) in [5, 5.41) is 1.15. The molecular formula is C16H17NO2. The van der Waals surface area contributed by atoms with E-state index in [4.69, 9.17) is 4.74 Å². The molecule has 1 heterocycles. The molecule has 3 rings (SSSR count). The Balaban J connectivity index is 2.46. The zero-order valence-electron chi connectivity index (χ0n) is 11.4. The van der Waals surface area contributed by atoms with Crippen molar-refractivity contribution in [1.82, 2.24) is 4.57 Å². The normalized spacial score (nSPS) is 17.5. The molecule has 0 aliphatic heterocycles. The number of benzene rings is 1. The highest BCUT2D eigenvalue weighted by Crippen LogP contribution is 2.32. The summed E-state index contributed by atoms with van der Waals surface area (Å²) in [7, 11) is 3.47. The van der Waals surface area contributed by atoms with E-state index in [1.54, 1.807) is 11.7 Å². The minimum Gasteiger partial charge on any atom is -0.497 e. The van der Waals surface area contributed by atoms with E-state index in [9.17, 15) is 4.79 Å². The molecule has 2 aromatic rings. The third-order valence-electron chi connectivity index (χ3n) is 3.95. The van der Waals surface area contributed by atoms with Gasteiger partial charge in [-0.3, -0.25) is 4.79 Å². The van der Waals surface area contributed by atoms with E-state index in [1.165, 1.54) is 5.56 Å². The third kappa shape index (κ3) is 1.69. The molecule has 0 amide bonds. The fraction of sp³-hybridized carbons (Fsp3) is 0.312. The Morgan fingerprint density at radius 2 is 2.16 bits per heavy atom. The van der Waals surface area contributed by atoms with Crippen LogP contribution in [0, 0.1) is 0 Å². The zero-order chi connectivity index (χ0) is 13.6. The minimum atomic E-state index is 0.104. The van der Waals surface area contributed by atoms with Gasteiger partial charge in [0, 0.05) is 30.0 Å². The quantitative estimate of drug-likeness (QED) is 0.734. The van der Waals surface area contributed by atoms with Crippen LogP contribution >= 0.6 is 0 Å². The van der Waals surface area contributed by atoms with Crippen molar-refractivity contribution in [1.29, 1.82) is 0 Å². The Labute approximate surface area is 112 Å². The molecule has 0 bridgehead atoms. The Hall–Kier alpha value is -2.03. The summed E-state index contributed by atoms with van der Waals surface area (Å²) in [4.78, 5) is 12.5. The van der Waals surface area contributed by atoms with Crippen molar-refractivity contribution in [2.24, 2.45) is 7.05 Å². The summed E-state index contributed by atoms with van der Waals surface area (Å²) in [6.07, 6.45) is 4.99. The van der Waals surface area contributed by atoms with Crippen molar-refractivity contribution in [3.8, 4) is 5.75 Å². The Morgan fingerprint density at radius 3 is 2.89 bits per heavy atom. The first kappa shape index (κ1) is 12.0. The van der Waals surface area contributed by atoms with Crippen LogP contribution in [-0.2, 0) is 13.5 Å². The molecule has 0 spiro atoms. The van der Waals surface area contributed by atoms with Crippen LogP contribution in [0.4, 0.5) is 0 Å². The van der Waals surface area contributed by atoms with E-state index in [-0.39, 0.29) is 11.5 Å². The molecule has 1 unspecified atom stereocenters. The van der Waals surface area contributed by atoms with Crippen LogP contribution in [0.15, 0.2) is 35.1 Å². The largest absolute Gasteiger partial charge is 0.497 e. The van der Waals surface area contributed by atoms with E-state index < -0.39 is 0 Å². The van der Waals surface area contributed by atoms with Gasteiger partial charge in [0.2, 0.25) is 0 Å². The van der Waals surface area contributed by atoms with Gasteiger partial charge in [0.1, 0.15) is 5.75 Å². The van der Waals surface area contributed by atoms with Gasteiger partial charge in [-0.2, -0.15) is 0 Å². The number of pyridine rings is 1. The lowest BCUT2D eigenvalue weighted by Gasteiger charge is -2.21. The predicted octanol–water partition coefficient (Wildman–Crippen LogP) is 2.76. The SMILES string of the molecule is COc1ccc2c3c(c(=O)n(C)c2c1)CC=CC3C. The first-order valence-electron chi connectivity index (χ1n) is 6.49. The second-order valence-corrected chi connectivity index (χ2v) is 5.06. The van der Waals surface area contributed by atoms with Crippen LogP contribution in [0.5, 0.6) is 5.75 Å². The number of fused-ring (bicyclic) bond motifs is 3. The van der Waals surface area contributed by atoms with Gasteiger partial charge in [0.15, 0.2) is 0 Å². The molecule has 1 aromatic carbocycles. The minimum absolute atomic E-state index is 0.104. The summed E-state index contributed by atoms with van der Waals surface area (Å²) in [5.41, 5.74) is 3.13. The maximum absolute atomic E-state index is 12.5. The molecule has 1 atom stereocenters. The Morgan fingerprint density at radius 1 is 1.37 bits per heavy atom. The maximum atomic E-state index is 12.5. The van der Waals surface area contributed by atoms with Crippen molar-refractivity contribution in [2.75, 3.05) is 7.11 Å². The molecule has 0 saturated heterocycles. The average molecular weight is 255 g/mol. The van der Waals surface area contributed by atoms with Gasteiger partial charge in [-0.1, -0.05) is 19.1 Å². The molecule has 98 valence electrons. The van der Waals surface area contributed by atoms with Gasteiger partial charge in [0.25, 0.3) is 5.56 Å². The van der Waals surface area contributed by atoms with Gasteiger partial charge in [-0.25, -0.2) is 0 Å². The molecular weight excluding hydrogens is 238 g/mol. The molecule has 3 heteroatoms. The van der Waals surface area contributed by atoms with Gasteiger partial charge in [-0.05, 0) is 24.1 Å². The number of aryl methyl sites for hydroxylation is 1. The fourth-order valence-corrected chi connectivity index (χ4v) is 2.94. The van der Waals surface area contributed by atoms with Crippen molar-refractivity contribution in [3.05, 3.63) is 51.8 Å². The van der Waals surface area contributed by atoms with Crippen LogP contribution in [0.2, 0.25) is 0 Å². The number of nitrogens with zero attached hydrogens (tertiary/aromatic N) is 1. The lowest BCUT2D eigenvalue weighted by Crippen LogP contribution is -2.25. The standard InChI is InChI=1S/C16H17NO2/c1-10-5-4-6-13-15(10)12-8-7-11(19-3)9-14(12)17(2)16(13)18/h4-5,7-10H,6H2,1-3H3. The Bertz CT molecular complexity index is 740. The predicted molar refractivity (Wildman–Crippen MR) is 77.0 cm³/mol. The van der Waals surface area contributed by atoms with Gasteiger partial charge in [0.05, 0.1) is 12.6 Å². The van der Waals surface area contributed by atoms with Gasteiger partial charge < -0.3 is 9.30 Å². The molecule has 1 aliphatic rings. The molecule has 19 heavy (non-hydrogen) atoms. The lowest BCUT2D eigenvalue weighted by atomic mass is 9.87. The van der Waals surface area contributed by atoms with Crippen molar-refractivity contribution in [3.63, 3.8) is 0 Å². The molecule has 1 aromatic heterocycles. The maximum Gasteiger partial charge on any atom is 0.254 e. The summed E-state index contributed by atoms with van der Waals surface area (Å²) < 4.78 is 6.98. The molecule has 0 N–H and O–H groups in total. The summed E-state index contributed by atoms with van der Waals surface area (Å²) in [6.45, 7) is 2.14. The average Bonchev–Trinajstić information content (AvgIpc) is 2.44. The van der Waals surface area contributed by atoms with Crippen LogP contribution in [0.25, 0.3) is 10.9 Å². The first-order chi connectivity index (χ1) is 9.13. The second kappa shape index (κ2) is 4.26. The Kier molecular flexibility index (Phi) is 2.70. The molecule has 3 nitrogen and oxygen atoms in total. The summed E-state index contributed by atoms with van der Waals surface area (Å²) in [6, 6.07) is 5.95. The molecule has 0 fully saturated rings. The molecule has 0 radical (unpaired) electrons. The first-order valence-corrected chi connectivity index (χ1v) is 6.49. The molecule has 1 aliphatic carbocycles. The van der Waals surface area contributed by atoms with Gasteiger partial charge in [-0.15, -0.1) is 0 Å². The second-order valence-electron chi connectivity index (χ2n) is 5.06. The topological polar surface area (TPSA) is 31.2 Å². The third-order valence-corrected chi connectivity index (χ3v) is 3.95. The van der Waals surface area contributed by atoms with Crippen molar-refractivity contribution in [2.45, 2.75) is 19.3 Å². The number of aromatic nitrogens is 1. The number of ether oxygens (including phenoxy) is 1. The summed E-state index contributed by atoms with van der Waals surface area (Å²) >= 11 is 0. The van der Waals surface area contributed by atoms with Crippen molar-refractivity contribution < 1.29 is 4.74 Å². The van der Waals surface area contributed by atoms with Crippen LogP contribution in [-0.4, -0.2) is 11.7 Å². The van der Waals surface area contributed by atoms with Gasteiger partial charge >= 0.3 is 0 Å². The highest BCUT2D eigenvalue weighted by atomic mass is 16.5. The smallest absolute Gasteiger partial charge is 0.254 e. The van der Waals surface area contributed by atoms with E-state index in [0.29, 0.717) is 0 Å². The number of allylic oxidation sites excluding steroid dienone is 2. The van der Waals surface area contributed by atoms with Crippen molar-refractivity contribution >= 4 is 10.9 Å². The fourth-order valence-electron chi connectivity index (χ4n) is 2.94. The number of hydrogen-bond donors (Lipinski definition) is 0. The molecule has 0 saturated carbocycles. The highest BCUT2D eigenvalue weighted by Gasteiger charge is 2.20. The van der Waals surface area contributed by atoms with Crippen LogP contribution in [0.3, 0.4) is 0 Å². The monoisotopic (exact) mass is 255 g/mol. The van der Waals surface area contributed by atoms with Crippen LogP contribution in [0.1, 0.15) is 24.0 Å². The van der Waals surface area contributed by atoms with Crippen LogP contribution < -0.4 is 10.3 Å². The summed E-state index contributed by atoms with van der Waals surface area (Å²) in [5.74, 6) is 1.06. The van der Waals surface area contributed by atoms with E-state index in [1.807, 2.05) is 19.2 Å². The lowest BCUT2D eigenvalue weighted by molar-refractivity contribution is 0.415. The number of rotatable bonds is 1.